The second-order valence-electron chi connectivity index (χ2n) is 18.4. The molecule has 65 heavy (non-hydrogen) atoms. The average Bonchev–Trinajstić information content (AvgIpc) is 4.23. The number of amides is 5. The summed E-state index contributed by atoms with van der Waals surface area (Å²) in [5.74, 6) is -2.50. The Kier molecular flexibility index (Phi) is 16.6. The molecule has 2 unspecified atom stereocenters. The fourth-order valence-electron chi connectivity index (χ4n) is 9.32. The van der Waals surface area contributed by atoms with Crippen LogP contribution in [0.2, 0.25) is 0 Å². The Balaban J connectivity index is 1.02. The van der Waals surface area contributed by atoms with E-state index in [1.54, 1.807) is 23.1 Å². The fraction of sp³-hybridized carbons (Fsp3) is 0.519. The minimum atomic E-state index is -0.977. The molecule has 4 aromatic rings. The van der Waals surface area contributed by atoms with Crippen LogP contribution in [-0.2, 0) is 25.7 Å². The molecule has 13 heteroatoms. The average molecular weight is 886 g/mol. The summed E-state index contributed by atoms with van der Waals surface area (Å²) < 4.78 is 1.33. The molecule has 2 aliphatic carbocycles. The highest BCUT2D eigenvalue weighted by Crippen LogP contribution is 2.42. The van der Waals surface area contributed by atoms with Crippen LogP contribution >= 0.6 is 0 Å². The van der Waals surface area contributed by atoms with Gasteiger partial charge in [0.25, 0.3) is 11.5 Å². The van der Waals surface area contributed by atoms with E-state index in [1.807, 2.05) is 36.4 Å². The molecule has 5 amide bonds. The molecule has 4 N–H and O–H groups in total. The van der Waals surface area contributed by atoms with Gasteiger partial charge in [-0.05, 0) is 55.0 Å². The van der Waals surface area contributed by atoms with Gasteiger partial charge in [0.15, 0.2) is 0 Å². The van der Waals surface area contributed by atoms with E-state index in [0.717, 1.165) is 75.3 Å². The van der Waals surface area contributed by atoms with Crippen molar-refractivity contribution in [2.24, 2.45) is 11.8 Å². The molecule has 7 rings (SSSR count). The molecule has 1 aromatic heterocycles. The third-order valence-corrected chi connectivity index (χ3v) is 13.4. The highest BCUT2D eigenvalue weighted by Gasteiger charge is 2.49. The van der Waals surface area contributed by atoms with Gasteiger partial charge in [0, 0.05) is 55.5 Å². The summed E-state index contributed by atoms with van der Waals surface area (Å²) in [4.78, 5) is 88.7. The highest BCUT2D eigenvalue weighted by atomic mass is 16.2. The number of nitrogens with zero attached hydrogens (tertiary/aromatic N) is 3. The van der Waals surface area contributed by atoms with Crippen LogP contribution in [0.1, 0.15) is 137 Å². The largest absolute Gasteiger partial charge is 0.354 e. The topological polar surface area (TPSA) is 172 Å². The van der Waals surface area contributed by atoms with E-state index in [9.17, 15) is 28.8 Å². The quantitative estimate of drug-likeness (QED) is 0.0564. The first-order chi connectivity index (χ1) is 31.6. The Labute approximate surface area is 382 Å². The van der Waals surface area contributed by atoms with Gasteiger partial charge in [-0.1, -0.05) is 132 Å². The Hall–Kier alpha value is -5.85. The maximum atomic E-state index is 14.2. The van der Waals surface area contributed by atoms with Crippen molar-refractivity contribution in [2.75, 3.05) is 19.6 Å². The summed E-state index contributed by atoms with van der Waals surface area (Å²) in [7, 11) is 0. The van der Waals surface area contributed by atoms with Gasteiger partial charge in [-0.25, -0.2) is 4.98 Å². The number of aromatic nitrogens is 2. The van der Waals surface area contributed by atoms with Crippen LogP contribution in [0.5, 0.6) is 0 Å². The molecule has 3 aromatic carbocycles. The molecule has 7 atom stereocenters. The van der Waals surface area contributed by atoms with Gasteiger partial charge in [0.05, 0.1) is 35.6 Å². The molecule has 2 heterocycles. The third-order valence-electron chi connectivity index (χ3n) is 13.4. The number of carbonyl (C=O) groups excluding carboxylic acids is 5. The van der Waals surface area contributed by atoms with E-state index in [-0.39, 0.29) is 84.0 Å². The van der Waals surface area contributed by atoms with Crippen molar-refractivity contribution >= 4 is 40.4 Å². The number of hydrogen-bond acceptors (Lipinski definition) is 7. The van der Waals surface area contributed by atoms with Crippen molar-refractivity contribution in [1.82, 2.24) is 35.7 Å². The summed E-state index contributed by atoms with van der Waals surface area (Å²) >= 11 is 0. The Bertz CT molecular complexity index is 2240. The molecule has 3 fully saturated rings. The van der Waals surface area contributed by atoms with Gasteiger partial charge < -0.3 is 26.2 Å². The number of nitrogens with one attached hydrogen (secondary N) is 4. The number of likely N-dealkylation sites (tertiary alicyclic amines) is 1. The third kappa shape index (κ3) is 12.7. The predicted molar refractivity (Wildman–Crippen MR) is 252 cm³/mol. The summed E-state index contributed by atoms with van der Waals surface area (Å²) in [5.41, 5.74) is 2.48. The van der Waals surface area contributed by atoms with Gasteiger partial charge in [-0.2, -0.15) is 0 Å². The van der Waals surface area contributed by atoms with Crippen molar-refractivity contribution in [3.05, 3.63) is 112 Å². The number of carbonyl (C=O) groups is 5. The zero-order valence-corrected chi connectivity index (χ0v) is 38.1. The van der Waals surface area contributed by atoms with E-state index < -0.39 is 23.4 Å². The van der Waals surface area contributed by atoms with Gasteiger partial charge >= 0.3 is 0 Å². The van der Waals surface area contributed by atoms with Crippen LogP contribution in [0.3, 0.4) is 0 Å². The lowest BCUT2D eigenvalue weighted by molar-refractivity contribution is -0.133. The molecule has 346 valence electrons. The van der Waals surface area contributed by atoms with Gasteiger partial charge in [-0.3, -0.25) is 33.3 Å². The van der Waals surface area contributed by atoms with Crippen molar-refractivity contribution < 1.29 is 24.0 Å². The summed E-state index contributed by atoms with van der Waals surface area (Å²) in [5, 5.41) is 12.4. The minimum absolute atomic E-state index is 0.0359. The van der Waals surface area contributed by atoms with E-state index in [2.05, 4.69) is 64.4 Å². The van der Waals surface area contributed by atoms with Crippen molar-refractivity contribution in [2.45, 2.75) is 140 Å². The van der Waals surface area contributed by atoms with E-state index >= 15 is 0 Å². The lowest BCUT2D eigenvalue weighted by atomic mass is 9.94. The second-order valence-corrected chi connectivity index (χ2v) is 18.4. The number of fused-ring (bicyclic) bond motifs is 1. The Morgan fingerprint density at radius 2 is 1.25 bits per heavy atom. The maximum absolute atomic E-state index is 14.2. The first-order valence-corrected chi connectivity index (χ1v) is 24.2. The molecule has 1 aliphatic heterocycles. The number of rotatable bonds is 24. The van der Waals surface area contributed by atoms with Gasteiger partial charge in [-0.15, -0.1) is 0 Å². The molecule has 0 radical (unpaired) electrons. The molecular weight excluding hydrogens is 819 g/mol. The van der Waals surface area contributed by atoms with Crippen molar-refractivity contribution in [3.63, 3.8) is 0 Å². The molecule has 3 aliphatic rings. The smallest absolute Gasteiger partial charge is 0.261 e. The molecule has 13 nitrogen and oxygen atoms in total. The molecule has 0 spiro atoms. The molecular formula is C52H67N7O6. The highest BCUT2D eigenvalue weighted by molar-refractivity contribution is 5.99. The predicted octanol–water partition coefficient (Wildman–Crippen LogP) is 6.75. The van der Waals surface area contributed by atoms with Gasteiger partial charge in [0.2, 0.25) is 23.6 Å². The lowest BCUT2D eigenvalue weighted by Crippen LogP contribution is -2.50. The van der Waals surface area contributed by atoms with Crippen LogP contribution in [0.15, 0.2) is 90.0 Å². The lowest BCUT2D eigenvalue weighted by Gasteiger charge is -2.20. The van der Waals surface area contributed by atoms with Crippen LogP contribution in [-0.4, -0.2) is 81.7 Å². The molecule has 2 saturated carbocycles. The van der Waals surface area contributed by atoms with Crippen LogP contribution in [0.25, 0.3) is 10.9 Å². The summed E-state index contributed by atoms with van der Waals surface area (Å²) in [6.07, 6.45) is 14.7. The standard InChI is InChI=1S/C52H67N7O6/c1-3-5-7-9-10-11-18-24-47(60)55-46(50(63)53-27-19-8-6-4-2)33-59-34-54-43-28-37(25-26-38(43)52(59)65)51(64)58-31-41(48(61)56-44-29-39(44)35-20-14-12-15-21-35)42(32-58)49(62)57-45-30-40(45)36-22-16-13-17-23-36/h12-17,20-23,25-26,28,34,39-42,44-46H,3-11,18-19,24,27,29-33H2,1-2H3,(H,53,63)(H,55,60)(H,56,61)(H,57,62)/t39-,40-,41-,42?,44+,45+,46?/m1/s1. The van der Waals surface area contributed by atoms with Crippen molar-refractivity contribution in [1.29, 1.82) is 0 Å². The normalized spacial score (nSPS) is 21.4. The molecule has 1 saturated heterocycles. The number of benzene rings is 3. The summed E-state index contributed by atoms with van der Waals surface area (Å²) in [6.45, 7) is 4.81. The maximum Gasteiger partial charge on any atom is 0.261 e. The minimum Gasteiger partial charge on any atom is -0.354 e. The first kappa shape index (κ1) is 47.1. The number of hydrogen-bond donors (Lipinski definition) is 4. The fourth-order valence-corrected chi connectivity index (χ4v) is 9.32. The van der Waals surface area contributed by atoms with Crippen LogP contribution in [0, 0.1) is 11.8 Å². The van der Waals surface area contributed by atoms with E-state index in [4.69, 9.17) is 0 Å². The Morgan fingerprint density at radius 1 is 0.692 bits per heavy atom. The van der Waals surface area contributed by atoms with E-state index in [1.165, 1.54) is 30.2 Å². The molecule has 0 bridgehead atoms. The monoisotopic (exact) mass is 886 g/mol. The number of unbranched alkanes of at least 4 members (excludes halogenated alkanes) is 9. The van der Waals surface area contributed by atoms with Crippen LogP contribution in [0.4, 0.5) is 0 Å². The second kappa shape index (κ2) is 22.9. The van der Waals surface area contributed by atoms with E-state index in [0.29, 0.717) is 18.5 Å². The van der Waals surface area contributed by atoms with Crippen molar-refractivity contribution in [3.8, 4) is 0 Å². The van der Waals surface area contributed by atoms with Crippen LogP contribution < -0.4 is 26.8 Å². The first-order valence-electron chi connectivity index (χ1n) is 24.2. The zero-order valence-electron chi connectivity index (χ0n) is 38.1. The SMILES string of the molecule is CCCCCCCCCC(=O)NC(Cn1cnc2cc(C(=O)N3CC(C(=O)N[C@H]4C[C@@H]4c4ccccc4)[C@H](C(=O)N[C@H]4C[C@@H]4c4ccccc4)C3)ccc2c1=O)C(=O)NCCCCCC. The zero-order chi connectivity index (χ0) is 45.7. The van der Waals surface area contributed by atoms with Gasteiger partial charge in [0.1, 0.15) is 6.04 Å². The summed E-state index contributed by atoms with van der Waals surface area (Å²) in [6, 6.07) is 23.7. The Morgan fingerprint density at radius 3 is 1.83 bits per heavy atom.